The number of rotatable bonds is 3. The molecule has 1 aromatic heterocycles. The van der Waals surface area contributed by atoms with Gasteiger partial charge in [-0.05, 0) is 48.9 Å². The van der Waals surface area contributed by atoms with Crippen LogP contribution in [0.1, 0.15) is 5.56 Å². The van der Waals surface area contributed by atoms with E-state index in [4.69, 9.17) is 0 Å². The molecule has 0 unspecified atom stereocenters. The molecule has 0 aliphatic heterocycles. The number of hydrogen-bond donors (Lipinski definition) is 1. The number of nitrogens with one attached hydrogen (secondary N) is 1. The van der Waals surface area contributed by atoms with Crippen LogP contribution in [0.5, 0.6) is 0 Å². The van der Waals surface area contributed by atoms with Gasteiger partial charge in [0.25, 0.3) is 0 Å². The van der Waals surface area contributed by atoms with Gasteiger partial charge in [0, 0.05) is 29.3 Å². The van der Waals surface area contributed by atoms with E-state index in [1.165, 1.54) is 6.07 Å². The van der Waals surface area contributed by atoms with Crippen molar-refractivity contribution in [3.8, 4) is 11.4 Å². The summed E-state index contributed by atoms with van der Waals surface area (Å²) in [5, 5.41) is 3.29. The van der Waals surface area contributed by atoms with Gasteiger partial charge < -0.3 is 5.32 Å². The molecule has 1 heterocycles. The number of aryl methyl sites for hydroxylation is 1. The molecule has 0 aliphatic carbocycles. The zero-order valence-electron chi connectivity index (χ0n) is 11.5. The highest BCUT2D eigenvalue weighted by Crippen LogP contribution is 2.28. The number of benzene rings is 2. The lowest BCUT2D eigenvalue weighted by molar-refractivity contribution is 0.619. The number of halogens is 1. The molecule has 2 aromatic carbocycles. The van der Waals surface area contributed by atoms with Crippen molar-refractivity contribution < 1.29 is 4.39 Å². The summed E-state index contributed by atoms with van der Waals surface area (Å²) in [7, 11) is 0. The number of anilines is 2. The standard InChI is InChI=1S/C17H14FN3/c1-12-11-13(7-8-15(12)18)21-16-6-3-2-5-14(16)17-19-9-4-10-20-17/h2-11,21H,1H3. The summed E-state index contributed by atoms with van der Waals surface area (Å²) in [6, 6.07) is 14.5. The average molecular weight is 279 g/mol. The average Bonchev–Trinajstić information content (AvgIpc) is 2.52. The minimum absolute atomic E-state index is 0.208. The fourth-order valence-corrected chi connectivity index (χ4v) is 2.10. The Morgan fingerprint density at radius 3 is 2.48 bits per heavy atom. The van der Waals surface area contributed by atoms with Gasteiger partial charge in [-0.1, -0.05) is 12.1 Å². The minimum atomic E-state index is -0.208. The number of nitrogens with zero attached hydrogens (tertiary/aromatic N) is 2. The lowest BCUT2D eigenvalue weighted by Gasteiger charge is -2.11. The molecule has 3 rings (SSSR count). The predicted octanol–water partition coefficient (Wildman–Crippen LogP) is 4.33. The van der Waals surface area contributed by atoms with Gasteiger partial charge in [0.15, 0.2) is 5.82 Å². The third-order valence-electron chi connectivity index (χ3n) is 3.17. The molecule has 3 nitrogen and oxygen atoms in total. The fourth-order valence-electron chi connectivity index (χ4n) is 2.10. The molecule has 0 bridgehead atoms. The van der Waals surface area contributed by atoms with E-state index in [0.29, 0.717) is 11.4 Å². The maximum absolute atomic E-state index is 13.3. The summed E-state index contributed by atoms with van der Waals surface area (Å²) in [5.41, 5.74) is 3.22. The molecule has 3 aromatic rings. The number of para-hydroxylation sites is 1. The largest absolute Gasteiger partial charge is 0.355 e. The number of hydrogen-bond acceptors (Lipinski definition) is 3. The molecule has 0 saturated heterocycles. The van der Waals surface area contributed by atoms with Crippen LogP contribution in [0.2, 0.25) is 0 Å². The van der Waals surface area contributed by atoms with Crippen molar-refractivity contribution in [2.24, 2.45) is 0 Å². The van der Waals surface area contributed by atoms with E-state index in [2.05, 4.69) is 15.3 Å². The first-order valence-electron chi connectivity index (χ1n) is 6.63. The van der Waals surface area contributed by atoms with E-state index in [-0.39, 0.29) is 5.82 Å². The van der Waals surface area contributed by atoms with Gasteiger partial charge in [-0.3, -0.25) is 0 Å². The van der Waals surface area contributed by atoms with Gasteiger partial charge in [-0.15, -0.1) is 0 Å². The Balaban J connectivity index is 1.98. The molecular weight excluding hydrogens is 265 g/mol. The van der Waals surface area contributed by atoms with E-state index in [1.54, 1.807) is 37.5 Å². The van der Waals surface area contributed by atoms with Gasteiger partial charge in [0.2, 0.25) is 0 Å². The Bertz CT molecular complexity index is 757. The maximum Gasteiger partial charge on any atom is 0.161 e. The molecule has 104 valence electrons. The van der Waals surface area contributed by atoms with Gasteiger partial charge in [-0.2, -0.15) is 0 Å². The molecule has 0 fully saturated rings. The molecule has 0 aliphatic rings. The van der Waals surface area contributed by atoms with Gasteiger partial charge in [-0.25, -0.2) is 14.4 Å². The lowest BCUT2D eigenvalue weighted by Crippen LogP contribution is -1.96. The van der Waals surface area contributed by atoms with Crippen molar-refractivity contribution in [3.63, 3.8) is 0 Å². The summed E-state index contributed by atoms with van der Waals surface area (Å²) in [4.78, 5) is 8.54. The first kappa shape index (κ1) is 13.2. The topological polar surface area (TPSA) is 37.8 Å². The van der Waals surface area contributed by atoms with Crippen LogP contribution in [0.25, 0.3) is 11.4 Å². The lowest BCUT2D eigenvalue weighted by atomic mass is 10.1. The monoisotopic (exact) mass is 279 g/mol. The highest BCUT2D eigenvalue weighted by molar-refractivity contribution is 5.77. The SMILES string of the molecule is Cc1cc(Nc2ccccc2-c2ncccn2)ccc1F. The van der Waals surface area contributed by atoms with Gasteiger partial charge in [0.05, 0.1) is 0 Å². The maximum atomic E-state index is 13.3. The second-order valence-corrected chi connectivity index (χ2v) is 4.71. The third-order valence-corrected chi connectivity index (χ3v) is 3.17. The smallest absolute Gasteiger partial charge is 0.161 e. The third kappa shape index (κ3) is 2.89. The van der Waals surface area contributed by atoms with E-state index in [1.807, 2.05) is 24.3 Å². The fraction of sp³-hybridized carbons (Fsp3) is 0.0588. The second-order valence-electron chi connectivity index (χ2n) is 4.71. The van der Waals surface area contributed by atoms with Crippen molar-refractivity contribution in [2.75, 3.05) is 5.32 Å². The molecule has 4 heteroatoms. The van der Waals surface area contributed by atoms with Crippen LogP contribution in [0.15, 0.2) is 60.9 Å². The summed E-state index contributed by atoms with van der Waals surface area (Å²) in [5.74, 6) is 0.444. The first-order valence-corrected chi connectivity index (χ1v) is 6.63. The summed E-state index contributed by atoms with van der Waals surface area (Å²) >= 11 is 0. The minimum Gasteiger partial charge on any atom is -0.355 e. The Morgan fingerprint density at radius 1 is 0.952 bits per heavy atom. The van der Waals surface area contributed by atoms with Crippen LogP contribution in [-0.2, 0) is 0 Å². The van der Waals surface area contributed by atoms with Crippen LogP contribution < -0.4 is 5.32 Å². The van der Waals surface area contributed by atoms with E-state index < -0.39 is 0 Å². The van der Waals surface area contributed by atoms with E-state index in [9.17, 15) is 4.39 Å². The van der Waals surface area contributed by atoms with Crippen molar-refractivity contribution in [2.45, 2.75) is 6.92 Å². The Hall–Kier alpha value is -2.75. The van der Waals surface area contributed by atoms with E-state index >= 15 is 0 Å². The first-order chi connectivity index (χ1) is 10.2. The quantitative estimate of drug-likeness (QED) is 0.775. The normalized spacial score (nSPS) is 10.4. The Labute approximate surface area is 122 Å². The van der Waals surface area contributed by atoms with Crippen molar-refractivity contribution in [3.05, 3.63) is 72.3 Å². The van der Waals surface area contributed by atoms with Crippen molar-refractivity contribution in [1.82, 2.24) is 9.97 Å². The molecule has 0 amide bonds. The van der Waals surface area contributed by atoms with Crippen molar-refractivity contribution in [1.29, 1.82) is 0 Å². The molecular formula is C17H14FN3. The Kier molecular flexibility index (Phi) is 3.60. The van der Waals surface area contributed by atoms with Crippen LogP contribution >= 0.6 is 0 Å². The van der Waals surface area contributed by atoms with Gasteiger partial charge in [0.1, 0.15) is 5.82 Å². The van der Waals surface area contributed by atoms with E-state index in [0.717, 1.165) is 16.9 Å². The highest BCUT2D eigenvalue weighted by Gasteiger charge is 2.07. The predicted molar refractivity (Wildman–Crippen MR) is 81.9 cm³/mol. The molecule has 1 N–H and O–H groups in total. The molecule has 0 spiro atoms. The van der Waals surface area contributed by atoms with Crippen LogP contribution in [0, 0.1) is 12.7 Å². The van der Waals surface area contributed by atoms with Crippen LogP contribution in [0.4, 0.5) is 15.8 Å². The summed E-state index contributed by atoms with van der Waals surface area (Å²) in [6.45, 7) is 1.74. The molecule has 0 atom stereocenters. The second kappa shape index (κ2) is 5.71. The number of aromatic nitrogens is 2. The summed E-state index contributed by atoms with van der Waals surface area (Å²) in [6.07, 6.45) is 3.42. The Morgan fingerprint density at radius 2 is 1.71 bits per heavy atom. The van der Waals surface area contributed by atoms with Crippen LogP contribution in [0.3, 0.4) is 0 Å². The zero-order valence-corrected chi connectivity index (χ0v) is 11.5. The molecule has 0 radical (unpaired) electrons. The van der Waals surface area contributed by atoms with Crippen LogP contribution in [-0.4, -0.2) is 9.97 Å². The summed E-state index contributed by atoms with van der Waals surface area (Å²) < 4.78 is 13.3. The van der Waals surface area contributed by atoms with Crippen molar-refractivity contribution >= 4 is 11.4 Å². The molecule has 0 saturated carbocycles. The molecule has 21 heavy (non-hydrogen) atoms. The zero-order chi connectivity index (χ0) is 14.7. The van der Waals surface area contributed by atoms with Gasteiger partial charge >= 0.3 is 0 Å². The highest BCUT2D eigenvalue weighted by atomic mass is 19.1.